The summed E-state index contributed by atoms with van der Waals surface area (Å²) >= 11 is 0. The summed E-state index contributed by atoms with van der Waals surface area (Å²) in [5.41, 5.74) is 2.69. The minimum absolute atomic E-state index is 0. The predicted octanol–water partition coefficient (Wildman–Crippen LogP) is 4.12. The molecule has 2 aromatic heterocycles. The highest BCUT2D eigenvalue weighted by molar-refractivity contribution is 14.0. The summed E-state index contributed by atoms with van der Waals surface area (Å²) in [5, 5.41) is 3.51. The van der Waals surface area contributed by atoms with Crippen LogP contribution in [0, 0.1) is 5.41 Å². The SMILES string of the molecule is CCNC(=NCCc1cn2ccccc2n1)N1CCC2(CCCCC2)C1.I. The van der Waals surface area contributed by atoms with Crippen molar-refractivity contribution < 1.29 is 0 Å². The summed E-state index contributed by atoms with van der Waals surface area (Å²) in [7, 11) is 0. The lowest BCUT2D eigenvalue weighted by Gasteiger charge is -2.33. The van der Waals surface area contributed by atoms with Gasteiger partial charge in [-0.15, -0.1) is 24.0 Å². The van der Waals surface area contributed by atoms with E-state index in [1.54, 1.807) is 0 Å². The molecule has 1 N–H and O–H groups in total. The van der Waals surface area contributed by atoms with Gasteiger partial charge in [0.25, 0.3) is 0 Å². The Morgan fingerprint density at radius 3 is 2.85 bits per heavy atom. The molecule has 4 rings (SSSR count). The Balaban J connectivity index is 0.00000210. The molecular weight excluding hydrogens is 449 g/mol. The minimum atomic E-state index is 0. The van der Waals surface area contributed by atoms with E-state index in [4.69, 9.17) is 4.99 Å². The van der Waals surface area contributed by atoms with Crippen molar-refractivity contribution in [1.29, 1.82) is 0 Å². The van der Waals surface area contributed by atoms with E-state index >= 15 is 0 Å². The lowest BCUT2D eigenvalue weighted by atomic mass is 9.73. The zero-order valence-corrected chi connectivity index (χ0v) is 18.7. The summed E-state index contributed by atoms with van der Waals surface area (Å²) in [6.07, 6.45) is 13.4. The molecule has 0 amide bonds. The number of aliphatic imine (C=N–C) groups is 1. The third kappa shape index (κ3) is 4.76. The Morgan fingerprint density at radius 2 is 2.07 bits per heavy atom. The Hall–Kier alpha value is -1.31. The Morgan fingerprint density at radius 1 is 1.22 bits per heavy atom. The van der Waals surface area contributed by atoms with Gasteiger partial charge in [0.05, 0.1) is 5.69 Å². The minimum Gasteiger partial charge on any atom is -0.357 e. The molecule has 3 heterocycles. The normalized spacial score (nSPS) is 19.4. The van der Waals surface area contributed by atoms with Crippen molar-refractivity contribution in [2.75, 3.05) is 26.2 Å². The molecule has 2 fully saturated rings. The number of likely N-dealkylation sites (tertiary alicyclic amines) is 1. The molecule has 0 bridgehead atoms. The average Bonchev–Trinajstić information content (AvgIpc) is 3.26. The molecule has 5 nitrogen and oxygen atoms in total. The molecule has 1 aliphatic carbocycles. The van der Waals surface area contributed by atoms with Crippen LogP contribution in [-0.4, -0.2) is 46.4 Å². The van der Waals surface area contributed by atoms with Gasteiger partial charge in [-0.2, -0.15) is 0 Å². The molecule has 2 aliphatic rings. The number of halogens is 1. The number of pyridine rings is 1. The smallest absolute Gasteiger partial charge is 0.193 e. The third-order valence-electron chi connectivity index (χ3n) is 6.03. The highest BCUT2D eigenvalue weighted by atomic mass is 127. The monoisotopic (exact) mass is 481 g/mol. The molecule has 0 atom stereocenters. The van der Waals surface area contributed by atoms with Crippen molar-refractivity contribution >= 4 is 35.6 Å². The number of aromatic nitrogens is 2. The zero-order valence-electron chi connectivity index (χ0n) is 16.4. The molecule has 0 aromatic carbocycles. The Bertz CT molecular complexity index is 730. The zero-order chi connectivity index (χ0) is 17.8. The van der Waals surface area contributed by atoms with E-state index in [0.29, 0.717) is 5.41 Å². The third-order valence-corrected chi connectivity index (χ3v) is 6.03. The number of guanidine groups is 1. The molecule has 1 saturated carbocycles. The van der Waals surface area contributed by atoms with Crippen LogP contribution in [0.4, 0.5) is 0 Å². The molecule has 1 spiro atoms. The van der Waals surface area contributed by atoms with Gasteiger partial charge in [0, 0.05) is 45.0 Å². The van der Waals surface area contributed by atoms with Crippen LogP contribution in [0.2, 0.25) is 0 Å². The number of hydrogen-bond donors (Lipinski definition) is 1. The number of hydrogen-bond acceptors (Lipinski definition) is 2. The van der Waals surface area contributed by atoms with Gasteiger partial charge in [0.2, 0.25) is 0 Å². The van der Waals surface area contributed by atoms with Gasteiger partial charge >= 0.3 is 0 Å². The van der Waals surface area contributed by atoms with E-state index in [2.05, 4.69) is 32.7 Å². The summed E-state index contributed by atoms with van der Waals surface area (Å²) in [6.45, 7) is 6.21. The van der Waals surface area contributed by atoms with Gasteiger partial charge in [-0.25, -0.2) is 4.98 Å². The van der Waals surface area contributed by atoms with Gasteiger partial charge < -0.3 is 14.6 Å². The van der Waals surface area contributed by atoms with Crippen molar-refractivity contribution in [2.45, 2.75) is 51.9 Å². The highest BCUT2D eigenvalue weighted by Gasteiger charge is 2.39. The first-order valence-corrected chi connectivity index (χ1v) is 10.2. The van der Waals surface area contributed by atoms with Crippen molar-refractivity contribution in [3.05, 3.63) is 36.3 Å². The van der Waals surface area contributed by atoms with E-state index < -0.39 is 0 Å². The van der Waals surface area contributed by atoms with Gasteiger partial charge in [-0.3, -0.25) is 4.99 Å². The van der Waals surface area contributed by atoms with Crippen LogP contribution in [0.3, 0.4) is 0 Å². The topological polar surface area (TPSA) is 44.9 Å². The Labute approximate surface area is 179 Å². The van der Waals surface area contributed by atoms with Crippen LogP contribution < -0.4 is 5.32 Å². The number of rotatable bonds is 4. The summed E-state index contributed by atoms with van der Waals surface area (Å²) in [5.74, 6) is 1.10. The lowest BCUT2D eigenvalue weighted by Crippen LogP contribution is -2.41. The first-order valence-electron chi connectivity index (χ1n) is 10.2. The summed E-state index contributed by atoms with van der Waals surface area (Å²) in [6, 6.07) is 6.11. The fourth-order valence-electron chi connectivity index (χ4n) is 4.64. The second-order valence-corrected chi connectivity index (χ2v) is 7.92. The largest absolute Gasteiger partial charge is 0.357 e. The Kier molecular flexibility index (Phi) is 7.00. The number of imidazole rings is 1. The molecule has 148 valence electrons. The lowest BCUT2D eigenvalue weighted by molar-refractivity contribution is 0.203. The maximum absolute atomic E-state index is 4.92. The van der Waals surface area contributed by atoms with Crippen molar-refractivity contribution in [3.8, 4) is 0 Å². The molecule has 6 heteroatoms. The first kappa shape index (κ1) is 20.4. The van der Waals surface area contributed by atoms with Crippen molar-refractivity contribution in [1.82, 2.24) is 19.6 Å². The fourth-order valence-corrected chi connectivity index (χ4v) is 4.64. The number of nitrogens with one attached hydrogen (secondary N) is 1. The van der Waals surface area contributed by atoms with Gasteiger partial charge in [0.15, 0.2) is 5.96 Å². The van der Waals surface area contributed by atoms with E-state index in [1.165, 1.54) is 45.1 Å². The van der Waals surface area contributed by atoms with E-state index in [1.807, 2.05) is 24.4 Å². The van der Waals surface area contributed by atoms with Crippen LogP contribution in [0.25, 0.3) is 5.65 Å². The maximum Gasteiger partial charge on any atom is 0.193 e. The van der Waals surface area contributed by atoms with Crippen LogP contribution in [-0.2, 0) is 6.42 Å². The highest BCUT2D eigenvalue weighted by Crippen LogP contribution is 2.43. The maximum atomic E-state index is 4.92. The average molecular weight is 481 g/mol. The second kappa shape index (κ2) is 9.26. The molecule has 1 aliphatic heterocycles. The molecule has 0 unspecified atom stereocenters. The number of nitrogens with zero attached hydrogens (tertiary/aromatic N) is 4. The standard InChI is InChI=1S/C21H31N5.HI/c1-2-22-20(26-15-12-21(17-26)10-5-3-6-11-21)23-13-9-18-16-25-14-7-4-8-19(25)24-18;/h4,7-8,14,16H,2-3,5-6,9-13,15,17H2,1H3,(H,22,23);1H. The molecule has 2 aromatic rings. The second-order valence-electron chi connectivity index (χ2n) is 7.92. The quantitative estimate of drug-likeness (QED) is 0.406. The van der Waals surface area contributed by atoms with E-state index in [9.17, 15) is 0 Å². The first-order chi connectivity index (χ1) is 12.8. The number of fused-ring (bicyclic) bond motifs is 1. The van der Waals surface area contributed by atoms with Gasteiger partial charge in [0.1, 0.15) is 5.65 Å². The van der Waals surface area contributed by atoms with Gasteiger partial charge in [-0.05, 0) is 43.7 Å². The van der Waals surface area contributed by atoms with E-state index in [0.717, 1.165) is 43.4 Å². The molecule has 0 radical (unpaired) electrons. The fraction of sp³-hybridized carbons (Fsp3) is 0.619. The predicted molar refractivity (Wildman–Crippen MR) is 122 cm³/mol. The van der Waals surface area contributed by atoms with Crippen molar-refractivity contribution in [2.24, 2.45) is 10.4 Å². The summed E-state index contributed by atoms with van der Waals surface area (Å²) < 4.78 is 2.08. The van der Waals surface area contributed by atoms with E-state index in [-0.39, 0.29) is 24.0 Å². The van der Waals surface area contributed by atoms with Gasteiger partial charge in [-0.1, -0.05) is 25.3 Å². The van der Waals surface area contributed by atoms with Crippen LogP contribution in [0.5, 0.6) is 0 Å². The summed E-state index contributed by atoms with van der Waals surface area (Å²) in [4.78, 5) is 12.1. The van der Waals surface area contributed by atoms with Crippen LogP contribution >= 0.6 is 24.0 Å². The van der Waals surface area contributed by atoms with Crippen LogP contribution in [0.1, 0.15) is 51.1 Å². The van der Waals surface area contributed by atoms with Crippen LogP contribution in [0.15, 0.2) is 35.6 Å². The molecule has 27 heavy (non-hydrogen) atoms. The molecular formula is C21H32IN5. The van der Waals surface area contributed by atoms with Crippen molar-refractivity contribution in [3.63, 3.8) is 0 Å². The molecule has 1 saturated heterocycles.